The summed E-state index contributed by atoms with van der Waals surface area (Å²) in [6, 6.07) is 13.0. The highest BCUT2D eigenvalue weighted by Gasteiger charge is 2.49. The number of nitrogens with zero attached hydrogens (tertiary/aromatic N) is 4. The van der Waals surface area contributed by atoms with E-state index in [0.29, 0.717) is 6.54 Å². The second kappa shape index (κ2) is 9.25. The lowest BCUT2D eigenvalue weighted by molar-refractivity contribution is -0.137. The van der Waals surface area contributed by atoms with Gasteiger partial charge in [0.25, 0.3) is 0 Å². The van der Waals surface area contributed by atoms with E-state index in [1.54, 1.807) is 6.20 Å². The number of aromatic nitrogens is 1. The zero-order valence-electron chi connectivity index (χ0n) is 17.9. The summed E-state index contributed by atoms with van der Waals surface area (Å²) in [5.74, 6) is 0.436. The average Bonchev–Trinajstić information content (AvgIpc) is 2.73. The van der Waals surface area contributed by atoms with Gasteiger partial charge in [-0.2, -0.15) is 0 Å². The lowest BCUT2D eigenvalue weighted by atomic mass is 9.74. The molecule has 160 valence electrons. The van der Waals surface area contributed by atoms with Gasteiger partial charge in [-0.25, -0.2) is 0 Å². The number of benzene rings is 1. The van der Waals surface area contributed by atoms with Gasteiger partial charge in [-0.1, -0.05) is 30.3 Å². The van der Waals surface area contributed by atoms with Crippen LogP contribution >= 0.6 is 0 Å². The van der Waals surface area contributed by atoms with Gasteiger partial charge in [-0.05, 0) is 56.2 Å². The molecule has 1 aromatic carbocycles. The van der Waals surface area contributed by atoms with Crippen molar-refractivity contribution in [1.29, 1.82) is 0 Å². The lowest BCUT2D eigenvalue weighted by Crippen LogP contribution is -2.68. The van der Waals surface area contributed by atoms with E-state index < -0.39 is 0 Å². The minimum absolute atomic E-state index is 0.128. The molecule has 1 amide bonds. The van der Waals surface area contributed by atoms with E-state index in [0.717, 1.165) is 43.6 Å². The smallest absolute Gasteiger partial charge is 0.236 e. The number of aliphatic hydroxyl groups is 1. The Labute approximate surface area is 179 Å². The Kier molecular flexibility index (Phi) is 6.46. The molecule has 0 aliphatic carbocycles. The molecule has 0 radical (unpaired) electrons. The lowest BCUT2D eigenvalue weighted by Gasteiger charge is -2.57. The fourth-order valence-electron chi connectivity index (χ4n) is 4.97. The highest BCUT2D eigenvalue weighted by atomic mass is 16.3. The number of carbonyl (C=O) groups is 1. The molecule has 3 atom stereocenters. The molecule has 0 saturated carbocycles. The topological polar surface area (TPSA) is 59.9 Å². The van der Waals surface area contributed by atoms with Crippen LogP contribution in [0, 0.1) is 0 Å². The Hall–Kier alpha value is -2.28. The second-order valence-corrected chi connectivity index (χ2v) is 8.73. The molecular formula is C24H32N4O2. The molecule has 2 aliphatic heterocycles. The van der Waals surface area contributed by atoms with E-state index in [1.165, 1.54) is 5.56 Å². The van der Waals surface area contributed by atoms with Crippen LogP contribution in [-0.4, -0.2) is 89.7 Å². The van der Waals surface area contributed by atoms with Gasteiger partial charge in [0.05, 0.1) is 13.2 Å². The zero-order valence-corrected chi connectivity index (χ0v) is 17.9. The van der Waals surface area contributed by atoms with Crippen molar-refractivity contribution in [2.45, 2.75) is 30.8 Å². The second-order valence-electron chi connectivity index (χ2n) is 8.73. The Morgan fingerprint density at radius 3 is 2.57 bits per heavy atom. The van der Waals surface area contributed by atoms with Crippen molar-refractivity contribution in [1.82, 2.24) is 19.7 Å². The van der Waals surface area contributed by atoms with E-state index in [4.69, 9.17) is 0 Å². The van der Waals surface area contributed by atoms with Crippen molar-refractivity contribution in [3.63, 3.8) is 0 Å². The maximum atomic E-state index is 12.8. The molecule has 2 aliphatic rings. The standard InChI is InChI=1S/C24H32N4O2/c1-26(2)16-23(30)27-12-3-4-13-28-21(15-27)24(22(28)17-29)19-9-7-18(8-10-19)20-6-5-11-25-14-20/h5-11,14,21-22,24,29H,3-4,12-13,15-17H2,1-2H3/t21-,22+,24-/m0/s1. The van der Waals surface area contributed by atoms with E-state index in [9.17, 15) is 9.90 Å². The number of amides is 1. The maximum Gasteiger partial charge on any atom is 0.236 e. The number of carbonyl (C=O) groups excluding carboxylic acids is 1. The van der Waals surface area contributed by atoms with Gasteiger partial charge >= 0.3 is 0 Å². The van der Waals surface area contributed by atoms with Crippen LogP contribution in [0.5, 0.6) is 0 Å². The number of hydrogen-bond donors (Lipinski definition) is 1. The van der Waals surface area contributed by atoms with Gasteiger partial charge in [-0.15, -0.1) is 0 Å². The third-order valence-corrected chi connectivity index (χ3v) is 6.46. The van der Waals surface area contributed by atoms with Crippen molar-refractivity contribution in [2.75, 3.05) is 46.9 Å². The van der Waals surface area contributed by atoms with Gasteiger partial charge in [0.15, 0.2) is 0 Å². The molecule has 4 rings (SSSR count). The number of hydrogen-bond acceptors (Lipinski definition) is 5. The summed E-state index contributed by atoms with van der Waals surface area (Å²) >= 11 is 0. The molecule has 3 heterocycles. The number of pyridine rings is 1. The highest BCUT2D eigenvalue weighted by Crippen LogP contribution is 2.42. The predicted octanol–water partition coefficient (Wildman–Crippen LogP) is 2.06. The van der Waals surface area contributed by atoms with Gasteiger partial charge in [0.2, 0.25) is 5.91 Å². The number of rotatable bonds is 5. The molecule has 1 N–H and O–H groups in total. The molecule has 2 aromatic rings. The molecule has 6 nitrogen and oxygen atoms in total. The SMILES string of the molecule is CN(C)CC(=O)N1CCCCN2[C@H](CO)[C@@H](c3ccc(-c4cccnc4)cc3)[C@@H]2C1. The van der Waals surface area contributed by atoms with Crippen LogP contribution in [0.15, 0.2) is 48.8 Å². The fraction of sp³-hybridized carbons (Fsp3) is 0.500. The third kappa shape index (κ3) is 4.26. The van der Waals surface area contributed by atoms with E-state index in [-0.39, 0.29) is 30.5 Å². The molecule has 0 unspecified atom stereocenters. The third-order valence-electron chi connectivity index (χ3n) is 6.46. The number of fused-ring (bicyclic) bond motifs is 1. The molecule has 6 heteroatoms. The van der Waals surface area contributed by atoms with Crippen LogP contribution in [0.2, 0.25) is 0 Å². The summed E-state index contributed by atoms with van der Waals surface area (Å²) in [7, 11) is 3.87. The van der Waals surface area contributed by atoms with Crippen LogP contribution in [0.4, 0.5) is 0 Å². The summed E-state index contributed by atoms with van der Waals surface area (Å²) < 4.78 is 0. The Bertz CT molecular complexity index is 840. The molecule has 0 spiro atoms. The Morgan fingerprint density at radius 1 is 1.13 bits per heavy atom. The van der Waals surface area contributed by atoms with Crippen LogP contribution in [-0.2, 0) is 4.79 Å². The first-order valence-electron chi connectivity index (χ1n) is 10.9. The normalized spacial score (nSPS) is 24.7. The van der Waals surface area contributed by atoms with Crippen LogP contribution < -0.4 is 0 Å². The summed E-state index contributed by atoms with van der Waals surface area (Å²) in [5.41, 5.74) is 3.48. The van der Waals surface area contributed by atoms with Crippen LogP contribution in [0.25, 0.3) is 11.1 Å². The monoisotopic (exact) mass is 408 g/mol. The minimum Gasteiger partial charge on any atom is -0.395 e. The molecule has 0 bridgehead atoms. The van der Waals surface area contributed by atoms with Crippen LogP contribution in [0.1, 0.15) is 24.3 Å². The largest absolute Gasteiger partial charge is 0.395 e. The van der Waals surface area contributed by atoms with Gasteiger partial charge in [0.1, 0.15) is 0 Å². The summed E-state index contributed by atoms with van der Waals surface area (Å²) in [5, 5.41) is 10.1. The first-order valence-corrected chi connectivity index (χ1v) is 10.9. The van der Waals surface area contributed by atoms with Crippen molar-refractivity contribution in [2.24, 2.45) is 0 Å². The van der Waals surface area contributed by atoms with Crippen molar-refractivity contribution < 1.29 is 9.90 Å². The highest BCUT2D eigenvalue weighted by molar-refractivity contribution is 5.78. The first-order chi connectivity index (χ1) is 14.6. The van der Waals surface area contributed by atoms with Gasteiger partial charge in [-0.3, -0.25) is 14.7 Å². The maximum absolute atomic E-state index is 12.8. The zero-order chi connectivity index (χ0) is 21.1. The van der Waals surface area contributed by atoms with Crippen LogP contribution in [0.3, 0.4) is 0 Å². The molecular weight excluding hydrogens is 376 g/mol. The summed E-state index contributed by atoms with van der Waals surface area (Å²) in [6.45, 7) is 3.15. The Morgan fingerprint density at radius 2 is 1.90 bits per heavy atom. The first kappa shape index (κ1) is 21.0. The minimum atomic E-state index is 0.128. The van der Waals surface area contributed by atoms with Crippen molar-refractivity contribution in [3.05, 3.63) is 54.4 Å². The quantitative estimate of drug-likeness (QED) is 0.821. The number of likely N-dealkylation sites (N-methyl/N-ethyl adjacent to an activating group) is 1. The predicted molar refractivity (Wildman–Crippen MR) is 118 cm³/mol. The average molecular weight is 409 g/mol. The summed E-state index contributed by atoms with van der Waals surface area (Å²) in [4.78, 5) is 23.3. The van der Waals surface area contributed by atoms with E-state index in [2.05, 4.69) is 40.2 Å². The van der Waals surface area contributed by atoms with Crippen molar-refractivity contribution in [3.8, 4) is 11.1 Å². The van der Waals surface area contributed by atoms with Crippen molar-refractivity contribution >= 4 is 5.91 Å². The fourth-order valence-corrected chi connectivity index (χ4v) is 4.97. The van der Waals surface area contributed by atoms with Gasteiger partial charge in [0, 0.05) is 43.5 Å². The molecule has 1 aromatic heterocycles. The number of aliphatic hydroxyl groups excluding tert-OH is 1. The Balaban J connectivity index is 1.55. The van der Waals surface area contributed by atoms with E-state index in [1.807, 2.05) is 36.2 Å². The molecule has 2 saturated heterocycles. The summed E-state index contributed by atoms with van der Waals surface area (Å²) in [6.07, 6.45) is 5.74. The van der Waals surface area contributed by atoms with Gasteiger partial charge < -0.3 is 14.9 Å². The van der Waals surface area contributed by atoms with E-state index >= 15 is 0 Å². The molecule has 2 fully saturated rings. The molecule has 30 heavy (non-hydrogen) atoms.